The van der Waals surface area contributed by atoms with Gasteiger partial charge in [-0.2, -0.15) is 5.10 Å². The zero-order valence-electron chi connectivity index (χ0n) is 19.4. The maximum absolute atomic E-state index is 13.4. The van der Waals surface area contributed by atoms with Crippen molar-refractivity contribution in [3.63, 3.8) is 0 Å². The topological polar surface area (TPSA) is 85.2 Å². The number of nitrogens with zero attached hydrogens (tertiary/aromatic N) is 2. The van der Waals surface area contributed by atoms with Crippen molar-refractivity contribution in [1.82, 2.24) is 15.1 Å². The number of nitrogens with one attached hydrogen (secondary N) is 2. The molecule has 0 radical (unpaired) electrons. The predicted molar refractivity (Wildman–Crippen MR) is 128 cm³/mol. The van der Waals surface area contributed by atoms with Gasteiger partial charge in [0.15, 0.2) is 0 Å². The van der Waals surface area contributed by atoms with Crippen LogP contribution in [0.25, 0.3) is 11.3 Å². The van der Waals surface area contributed by atoms with E-state index in [9.17, 15) is 14.0 Å². The first kappa shape index (κ1) is 23.4. The van der Waals surface area contributed by atoms with Crippen LogP contribution in [-0.4, -0.2) is 35.3 Å². The lowest BCUT2D eigenvalue weighted by molar-refractivity contribution is -0.121. The summed E-state index contributed by atoms with van der Waals surface area (Å²) in [4.78, 5) is 25.3. The van der Waals surface area contributed by atoms with Gasteiger partial charge in [0.25, 0.3) is 5.91 Å². The normalized spacial score (nSPS) is 15.6. The van der Waals surface area contributed by atoms with Gasteiger partial charge in [-0.05, 0) is 49.2 Å². The quantitative estimate of drug-likeness (QED) is 0.554. The second-order valence-electron chi connectivity index (χ2n) is 8.35. The van der Waals surface area contributed by atoms with Gasteiger partial charge in [-0.1, -0.05) is 24.3 Å². The number of aromatic nitrogens is 2. The zero-order chi connectivity index (χ0) is 24.2. The molecule has 0 bridgehead atoms. The number of ether oxygens (including phenoxy) is 1. The van der Waals surface area contributed by atoms with Crippen LogP contribution in [0.1, 0.15) is 29.2 Å². The number of carbonyl (C=O) groups is 2. The molecule has 1 atom stereocenters. The number of amides is 2. The molecule has 0 fully saturated rings. The highest BCUT2D eigenvalue weighted by Crippen LogP contribution is 2.32. The van der Waals surface area contributed by atoms with E-state index in [4.69, 9.17) is 4.74 Å². The van der Waals surface area contributed by atoms with Crippen molar-refractivity contribution in [1.29, 1.82) is 0 Å². The smallest absolute Gasteiger partial charge is 0.253 e. The van der Waals surface area contributed by atoms with E-state index in [2.05, 4.69) is 15.7 Å². The second-order valence-corrected chi connectivity index (χ2v) is 8.35. The molecule has 0 spiro atoms. The average Bonchev–Trinajstić information content (AvgIpc) is 3.19. The summed E-state index contributed by atoms with van der Waals surface area (Å²) in [5.74, 6) is -1.34. The van der Waals surface area contributed by atoms with Crippen LogP contribution in [0.15, 0.2) is 60.3 Å². The van der Waals surface area contributed by atoms with Crippen LogP contribution in [0.3, 0.4) is 0 Å². The van der Waals surface area contributed by atoms with Crippen molar-refractivity contribution in [2.45, 2.75) is 32.7 Å². The number of aryl methyl sites for hydroxylation is 2. The third-order valence-corrected chi connectivity index (χ3v) is 5.96. The van der Waals surface area contributed by atoms with Crippen molar-refractivity contribution in [2.75, 3.05) is 19.0 Å². The lowest BCUT2D eigenvalue weighted by Crippen LogP contribution is -2.32. The van der Waals surface area contributed by atoms with Crippen LogP contribution in [0, 0.1) is 19.7 Å². The van der Waals surface area contributed by atoms with E-state index < -0.39 is 5.92 Å². The highest BCUT2D eigenvalue weighted by atomic mass is 19.1. The largest absolute Gasteiger partial charge is 0.383 e. The molecule has 0 aliphatic carbocycles. The van der Waals surface area contributed by atoms with Crippen LogP contribution < -0.4 is 10.6 Å². The molecule has 0 saturated carbocycles. The molecule has 8 heteroatoms. The fraction of sp³-hybridized carbons (Fsp3) is 0.269. The summed E-state index contributed by atoms with van der Waals surface area (Å²) in [7, 11) is 1.66. The van der Waals surface area contributed by atoms with E-state index >= 15 is 0 Å². The minimum atomic E-state index is -0.461. The monoisotopic (exact) mass is 462 g/mol. The Hall–Kier alpha value is -3.78. The fourth-order valence-electron chi connectivity index (χ4n) is 4.00. The highest BCUT2D eigenvalue weighted by Gasteiger charge is 2.29. The van der Waals surface area contributed by atoms with Gasteiger partial charge in [0.05, 0.1) is 18.8 Å². The van der Waals surface area contributed by atoms with Gasteiger partial charge in [0.2, 0.25) is 5.91 Å². The Kier molecular flexibility index (Phi) is 6.88. The summed E-state index contributed by atoms with van der Waals surface area (Å²) in [6.45, 7) is 5.12. The van der Waals surface area contributed by atoms with Gasteiger partial charge in [0.1, 0.15) is 5.82 Å². The molecule has 0 saturated heterocycles. The molecule has 4 rings (SSSR count). The minimum Gasteiger partial charge on any atom is -0.383 e. The lowest BCUT2D eigenvalue weighted by atomic mass is 9.86. The fourth-order valence-corrected chi connectivity index (χ4v) is 4.00. The van der Waals surface area contributed by atoms with Crippen molar-refractivity contribution in [3.05, 3.63) is 82.9 Å². The molecule has 2 aromatic carbocycles. The van der Waals surface area contributed by atoms with Gasteiger partial charge in [-0.3, -0.25) is 14.3 Å². The third kappa shape index (κ3) is 5.07. The van der Waals surface area contributed by atoms with Gasteiger partial charge >= 0.3 is 0 Å². The molecule has 1 aromatic heterocycles. The summed E-state index contributed by atoms with van der Waals surface area (Å²) in [5, 5.41) is 10.3. The van der Waals surface area contributed by atoms with Crippen molar-refractivity contribution in [2.24, 2.45) is 0 Å². The summed E-state index contributed by atoms with van der Waals surface area (Å²) in [6.07, 6.45) is 1.55. The Balaban J connectivity index is 1.59. The molecule has 1 aliphatic rings. The van der Waals surface area contributed by atoms with E-state index in [0.717, 1.165) is 22.5 Å². The maximum atomic E-state index is 13.4. The Morgan fingerprint density at radius 2 is 1.97 bits per heavy atom. The Morgan fingerprint density at radius 1 is 1.21 bits per heavy atom. The number of hydrogen-bond acceptors (Lipinski definition) is 4. The van der Waals surface area contributed by atoms with Crippen LogP contribution in [0.4, 0.5) is 10.1 Å². The molecule has 2 heterocycles. The van der Waals surface area contributed by atoms with Crippen molar-refractivity contribution >= 4 is 17.5 Å². The van der Waals surface area contributed by atoms with Gasteiger partial charge in [-0.25, -0.2) is 4.39 Å². The summed E-state index contributed by atoms with van der Waals surface area (Å²) in [6, 6.07) is 13.7. The highest BCUT2D eigenvalue weighted by molar-refractivity contribution is 6.07. The molecular weight excluding hydrogens is 435 g/mol. The number of methoxy groups -OCH3 is 1. The molecular formula is C26H27FN4O3. The zero-order valence-corrected chi connectivity index (χ0v) is 19.4. The molecule has 0 unspecified atom stereocenters. The molecule has 3 aromatic rings. The van der Waals surface area contributed by atoms with Crippen LogP contribution in [0.5, 0.6) is 0 Å². The minimum absolute atomic E-state index is 0.113. The molecule has 1 aliphatic heterocycles. The van der Waals surface area contributed by atoms with Crippen LogP contribution in [0.2, 0.25) is 0 Å². The number of hydrogen-bond donors (Lipinski definition) is 2. The molecule has 7 nitrogen and oxygen atoms in total. The summed E-state index contributed by atoms with van der Waals surface area (Å²) in [5.41, 5.74) is 5.37. The van der Waals surface area contributed by atoms with E-state index in [0.29, 0.717) is 30.0 Å². The first-order valence-electron chi connectivity index (χ1n) is 11.1. The summed E-state index contributed by atoms with van der Waals surface area (Å²) < 4.78 is 20.4. The van der Waals surface area contributed by atoms with Gasteiger partial charge < -0.3 is 15.4 Å². The first-order valence-corrected chi connectivity index (χ1v) is 11.1. The van der Waals surface area contributed by atoms with Crippen molar-refractivity contribution in [3.8, 4) is 11.3 Å². The molecule has 176 valence electrons. The SMILES string of the molecule is COCCn1nc(-c2ccc(C)c(NC(=O)C3=CNC(=O)C[C@H]3c3ccc(F)cc3)c2)cc1C. The number of rotatable bonds is 7. The lowest BCUT2D eigenvalue weighted by Gasteiger charge is -2.24. The number of carbonyl (C=O) groups excluding carboxylic acids is 2. The van der Waals surface area contributed by atoms with Gasteiger partial charge in [-0.15, -0.1) is 0 Å². The Labute approximate surface area is 197 Å². The van der Waals surface area contributed by atoms with E-state index in [1.54, 1.807) is 19.2 Å². The molecule has 34 heavy (non-hydrogen) atoms. The Morgan fingerprint density at radius 3 is 2.71 bits per heavy atom. The number of halogens is 1. The third-order valence-electron chi connectivity index (χ3n) is 5.96. The first-order chi connectivity index (χ1) is 16.4. The maximum Gasteiger partial charge on any atom is 0.253 e. The predicted octanol–water partition coefficient (Wildman–Crippen LogP) is 4.08. The van der Waals surface area contributed by atoms with Crippen molar-refractivity contribution < 1.29 is 18.7 Å². The molecule has 2 amide bonds. The summed E-state index contributed by atoms with van der Waals surface area (Å²) >= 11 is 0. The van der Waals surface area contributed by atoms with E-state index in [-0.39, 0.29) is 24.1 Å². The number of anilines is 1. The molecule has 2 N–H and O–H groups in total. The Bertz CT molecular complexity index is 1250. The average molecular weight is 463 g/mol. The van der Waals surface area contributed by atoms with Gasteiger partial charge in [0, 0.05) is 48.2 Å². The van der Waals surface area contributed by atoms with E-state index in [1.807, 2.05) is 42.8 Å². The standard InChI is InChI=1S/C26H27FN4O3/c1-16-4-5-19(24-12-17(2)31(30-24)10-11-34-3)13-23(16)29-26(33)22-15-28-25(32)14-21(22)18-6-8-20(27)9-7-18/h4-9,12-13,15,21H,10-11,14H2,1-3H3,(H,28,32)(H,29,33)/t21-/m0/s1. The van der Waals surface area contributed by atoms with Crippen LogP contribution in [-0.2, 0) is 20.9 Å². The van der Waals surface area contributed by atoms with Crippen LogP contribution >= 0.6 is 0 Å². The van der Waals surface area contributed by atoms with E-state index in [1.165, 1.54) is 18.3 Å². The second kappa shape index (κ2) is 10.0. The number of benzene rings is 2.